The van der Waals surface area contributed by atoms with Crippen LogP contribution in [0.15, 0.2) is 61.4 Å². The van der Waals surface area contributed by atoms with Crippen molar-refractivity contribution in [3.63, 3.8) is 0 Å². The van der Waals surface area contributed by atoms with Gasteiger partial charge in [-0.25, -0.2) is 19.3 Å². The fourth-order valence-corrected chi connectivity index (χ4v) is 3.88. The van der Waals surface area contributed by atoms with Crippen LogP contribution in [-0.4, -0.2) is 39.9 Å². The van der Waals surface area contributed by atoms with E-state index in [1.165, 1.54) is 6.20 Å². The van der Waals surface area contributed by atoms with E-state index in [2.05, 4.69) is 45.2 Å². The Balaban J connectivity index is 0.000000160. The van der Waals surface area contributed by atoms with Crippen LogP contribution in [0.1, 0.15) is 5.56 Å². The number of nitrogen functional groups attached to an aromatic ring is 3. The van der Waals surface area contributed by atoms with Crippen molar-refractivity contribution in [3.8, 4) is 0 Å². The van der Waals surface area contributed by atoms with E-state index in [1.54, 1.807) is 42.9 Å². The summed E-state index contributed by atoms with van der Waals surface area (Å²) in [5.74, 6) is -0.687. The third kappa shape index (κ3) is 7.71. The number of halogens is 7. The Bertz CT molecular complexity index is 1950. The van der Waals surface area contributed by atoms with Gasteiger partial charge in [0.15, 0.2) is 11.6 Å². The highest BCUT2D eigenvalue weighted by Gasteiger charge is 2.34. The Hall–Kier alpha value is -4.93. The summed E-state index contributed by atoms with van der Waals surface area (Å²) in [6.07, 6.45) is 3.30. The summed E-state index contributed by atoms with van der Waals surface area (Å²) in [6.45, 7) is 0. The molecule has 6 rings (SSSR count). The van der Waals surface area contributed by atoms with E-state index in [0.29, 0.717) is 45.5 Å². The predicted octanol–water partition coefficient (Wildman–Crippen LogP) is 6.13. The molecule has 7 N–H and O–H groups in total. The van der Waals surface area contributed by atoms with E-state index < -0.39 is 22.7 Å². The van der Waals surface area contributed by atoms with E-state index in [0.717, 1.165) is 11.7 Å². The number of rotatable bonds is 2. The zero-order valence-corrected chi connectivity index (χ0v) is 24.0. The SMILES string of the molecule is FC(F)(F)c1cnc(Cl)nc1Cl.Nc1c(Nc2nc(Cl)ncc2F)ccc2nccnc12.Nc1ccc2nccnc2c1N. The molecular weight excluding hydrogens is 651 g/mol. The van der Waals surface area contributed by atoms with Crippen molar-refractivity contribution >= 4 is 85.4 Å². The first kappa shape index (κ1) is 32.0. The quantitative estimate of drug-likeness (QED) is 0.0715. The number of hydrogen-bond acceptors (Lipinski definition) is 12. The topological polar surface area (TPSA) is 193 Å². The van der Waals surface area contributed by atoms with Crippen LogP contribution in [-0.2, 0) is 6.18 Å². The first-order valence-corrected chi connectivity index (χ1v) is 12.9. The Labute approximate surface area is 259 Å². The highest BCUT2D eigenvalue weighted by molar-refractivity contribution is 6.32. The van der Waals surface area contributed by atoms with Crippen LogP contribution in [0, 0.1) is 5.82 Å². The Morgan fingerprint density at radius 1 is 0.659 bits per heavy atom. The van der Waals surface area contributed by atoms with Gasteiger partial charge in [0.05, 0.1) is 40.0 Å². The average Bonchev–Trinajstić information content (AvgIpc) is 2.98. The fourth-order valence-electron chi connectivity index (χ4n) is 3.33. The lowest BCUT2D eigenvalue weighted by molar-refractivity contribution is -0.138. The maximum absolute atomic E-state index is 13.6. The molecule has 0 spiro atoms. The van der Waals surface area contributed by atoms with Gasteiger partial charge in [0.1, 0.15) is 21.7 Å². The number of nitrogens with one attached hydrogen (secondary N) is 1. The van der Waals surface area contributed by atoms with Gasteiger partial charge < -0.3 is 22.5 Å². The highest BCUT2D eigenvalue weighted by atomic mass is 35.5. The molecule has 0 saturated heterocycles. The minimum Gasteiger partial charge on any atom is -0.397 e. The molecule has 4 aromatic heterocycles. The summed E-state index contributed by atoms with van der Waals surface area (Å²) >= 11 is 16.0. The van der Waals surface area contributed by atoms with Crippen molar-refractivity contribution < 1.29 is 17.6 Å². The van der Waals surface area contributed by atoms with Gasteiger partial charge in [0.2, 0.25) is 10.6 Å². The minimum absolute atomic E-state index is 0.0556. The molecule has 0 amide bonds. The smallest absolute Gasteiger partial charge is 0.397 e. The lowest BCUT2D eigenvalue weighted by Gasteiger charge is -2.10. The molecule has 2 aromatic carbocycles. The largest absolute Gasteiger partial charge is 0.420 e. The number of benzene rings is 2. The monoisotopic (exact) mass is 666 g/mol. The molecule has 6 aromatic rings. The van der Waals surface area contributed by atoms with Crippen LogP contribution in [0.3, 0.4) is 0 Å². The summed E-state index contributed by atoms with van der Waals surface area (Å²) in [5.41, 5.74) is 20.7. The molecule has 0 radical (unpaired) electrons. The molecule has 0 aliphatic carbocycles. The lowest BCUT2D eigenvalue weighted by Crippen LogP contribution is -2.07. The van der Waals surface area contributed by atoms with Crippen molar-refractivity contribution in [2.45, 2.75) is 6.18 Å². The second kappa shape index (κ2) is 13.6. The van der Waals surface area contributed by atoms with Crippen LogP contribution in [0.4, 0.5) is 46.1 Å². The number of nitrogens with zero attached hydrogens (tertiary/aromatic N) is 8. The highest BCUT2D eigenvalue weighted by Crippen LogP contribution is 2.33. The van der Waals surface area contributed by atoms with Gasteiger partial charge in [0.25, 0.3) is 0 Å². The molecule has 0 bridgehead atoms. The number of aromatic nitrogens is 8. The normalized spacial score (nSPS) is 10.9. The van der Waals surface area contributed by atoms with Crippen molar-refractivity contribution in [3.05, 3.63) is 88.5 Å². The molecule has 4 heterocycles. The van der Waals surface area contributed by atoms with Crippen LogP contribution < -0.4 is 22.5 Å². The number of alkyl halides is 3. The van der Waals surface area contributed by atoms with E-state index in [-0.39, 0.29) is 16.4 Å². The first-order chi connectivity index (χ1) is 20.8. The molecule has 0 fully saturated rings. The maximum Gasteiger partial charge on any atom is 0.420 e. The summed E-state index contributed by atoms with van der Waals surface area (Å²) in [5, 5.41) is 1.70. The minimum atomic E-state index is -4.54. The predicted molar refractivity (Wildman–Crippen MR) is 160 cm³/mol. The molecule has 226 valence electrons. The number of anilines is 5. The van der Waals surface area contributed by atoms with Crippen molar-refractivity contribution in [1.82, 2.24) is 39.9 Å². The van der Waals surface area contributed by atoms with Gasteiger partial charge in [0, 0.05) is 31.0 Å². The van der Waals surface area contributed by atoms with E-state index >= 15 is 0 Å². The van der Waals surface area contributed by atoms with Crippen molar-refractivity contribution in [2.24, 2.45) is 0 Å². The fraction of sp³-hybridized carbons (Fsp3) is 0.0400. The molecule has 12 nitrogen and oxygen atoms in total. The van der Waals surface area contributed by atoms with Crippen LogP contribution in [0.25, 0.3) is 22.1 Å². The van der Waals surface area contributed by atoms with Gasteiger partial charge in [-0.05, 0) is 47.5 Å². The van der Waals surface area contributed by atoms with Gasteiger partial charge in [-0.2, -0.15) is 18.2 Å². The lowest BCUT2D eigenvalue weighted by atomic mass is 10.2. The van der Waals surface area contributed by atoms with E-state index in [4.69, 9.17) is 52.0 Å². The van der Waals surface area contributed by atoms with Crippen LogP contribution >= 0.6 is 34.8 Å². The Morgan fingerprint density at radius 2 is 1.20 bits per heavy atom. The Kier molecular flexibility index (Phi) is 9.87. The standard InChI is InChI=1S/C12H8ClFN6.C8H8N4.C5HCl2F3N2/c13-12-18-5-6(14)11(20-12)19-7-1-2-8-10(9(7)15)17-4-3-16-8;9-5-1-2-6-8(7(5)10)12-4-3-11-6;6-3-2(5(8,9)10)1-11-4(7)12-3/h1-5H,15H2,(H,18,19,20);1-4H,9-10H2;1H. The summed E-state index contributed by atoms with van der Waals surface area (Å²) in [6, 6.07) is 6.92. The summed E-state index contributed by atoms with van der Waals surface area (Å²) in [4.78, 5) is 30.0. The third-order valence-electron chi connectivity index (χ3n) is 5.38. The molecule has 0 saturated carbocycles. The van der Waals surface area contributed by atoms with Crippen LogP contribution in [0.2, 0.25) is 15.7 Å². The molecule has 0 aliphatic heterocycles. The Morgan fingerprint density at radius 3 is 1.82 bits per heavy atom. The van der Waals surface area contributed by atoms with Crippen LogP contribution in [0.5, 0.6) is 0 Å². The van der Waals surface area contributed by atoms with E-state index in [1.807, 2.05) is 0 Å². The number of hydrogen-bond donors (Lipinski definition) is 4. The molecule has 0 unspecified atom stereocenters. The zero-order valence-electron chi connectivity index (χ0n) is 21.7. The third-order valence-corrected chi connectivity index (χ3v) is 6.03. The summed E-state index contributed by atoms with van der Waals surface area (Å²) in [7, 11) is 0. The average molecular weight is 668 g/mol. The van der Waals surface area contributed by atoms with Gasteiger partial charge in [-0.1, -0.05) is 11.6 Å². The molecule has 44 heavy (non-hydrogen) atoms. The summed E-state index contributed by atoms with van der Waals surface area (Å²) < 4.78 is 49.5. The molecule has 0 atom stereocenters. The number of nitrogens with two attached hydrogens (primary N) is 3. The first-order valence-electron chi connectivity index (χ1n) is 11.8. The maximum atomic E-state index is 13.6. The van der Waals surface area contributed by atoms with Crippen molar-refractivity contribution in [1.29, 1.82) is 0 Å². The zero-order chi connectivity index (χ0) is 32.0. The van der Waals surface area contributed by atoms with Gasteiger partial charge in [-0.3, -0.25) is 19.9 Å². The molecular formula is C25H17Cl3F4N12. The van der Waals surface area contributed by atoms with Crippen molar-refractivity contribution in [2.75, 3.05) is 22.5 Å². The van der Waals surface area contributed by atoms with Gasteiger partial charge in [-0.15, -0.1) is 0 Å². The van der Waals surface area contributed by atoms with Gasteiger partial charge >= 0.3 is 6.18 Å². The molecule has 0 aliphatic rings. The number of fused-ring (bicyclic) bond motifs is 2. The second-order valence-corrected chi connectivity index (χ2v) is 9.28. The second-order valence-electron chi connectivity index (χ2n) is 8.25. The van der Waals surface area contributed by atoms with E-state index in [9.17, 15) is 17.6 Å². The molecule has 19 heteroatoms.